The van der Waals surface area contributed by atoms with E-state index in [-0.39, 0.29) is 10.8 Å². The van der Waals surface area contributed by atoms with E-state index in [2.05, 4.69) is 283 Å². The zero-order valence-corrected chi connectivity index (χ0v) is 43.5. The van der Waals surface area contributed by atoms with Crippen LogP contribution in [0.3, 0.4) is 0 Å². The SMILES string of the molecule is C=C/C=C(\c1cc2c(-c3cccc4c3N(C)c3ccccc3C4(C)C)cccc2c(-c2cccc3c2-c2ccccc2C3(c2ccccc2)c2ccccc2)c1C)c1cccc2c1N(C)c1ccccc1C2(C)C. The molecule has 0 saturated heterocycles. The lowest BCUT2D eigenvalue weighted by atomic mass is 9.67. The molecule has 0 fully saturated rings. The minimum absolute atomic E-state index is 0.210. The number of nitrogens with zero attached hydrogens (tertiary/aromatic N) is 2. The van der Waals surface area contributed by atoms with Gasteiger partial charge in [-0.25, -0.2) is 0 Å². The number of rotatable bonds is 7. The molecular weight excluding hydrogens is 893 g/mol. The Morgan fingerprint density at radius 2 is 0.878 bits per heavy atom. The molecule has 0 saturated carbocycles. The Morgan fingerprint density at radius 3 is 1.51 bits per heavy atom. The van der Waals surface area contributed by atoms with Crippen LogP contribution in [0.4, 0.5) is 22.7 Å². The number of benzene rings is 10. The molecule has 2 heteroatoms. The van der Waals surface area contributed by atoms with Crippen molar-refractivity contribution in [3.8, 4) is 33.4 Å². The molecule has 0 aromatic heterocycles. The highest BCUT2D eigenvalue weighted by Gasteiger charge is 2.47. The van der Waals surface area contributed by atoms with E-state index in [0.29, 0.717) is 0 Å². The number of anilines is 4. The summed E-state index contributed by atoms with van der Waals surface area (Å²) in [4.78, 5) is 4.85. The van der Waals surface area contributed by atoms with Crippen molar-refractivity contribution in [2.75, 3.05) is 23.9 Å². The van der Waals surface area contributed by atoms with Crippen LogP contribution in [0.15, 0.2) is 231 Å². The zero-order valence-electron chi connectivity index (χ0n) is 43.5. The van der Waals surface area contributed by atoms with Crippen LogP contribution in [-0.4, -0.2) is 14.1 Å². The Bertz CT molecular complexity index is 3920. The van der Waals surface area contributed by atoms with Gasteiger partial charge in [0.25, 0.3) is 0 Å². The molecule has 10 aromatic rings. The van der Waals surface area contributed by atoms with Gasteiger partial charge in [0, 0.05) is 47.4 Å². The number of fused-ring (bicyclic) bond motifs is 8. The molecular formula is C72H60N2. The van der Waals surface area contributed by atoms with Crippen LogP contribution >= 0.6 is 0 Å². The maximum atomic E-state index is 4.42. The smallest absolute Gasteiger partial charge is 0.0713 e. The molecule has 0 atom stereocenters. The highest BCUT2D eigenvalue weighted by Crippen LogP contribution is 2.60. The molecule has 2 heterocycles. The van der Waals surface area contributed by atoms with Crippen molar-refractivity contribution >= 4 is 39.1 Å². The lowest BCUT2D eigenvalue weighted by Gasteiger charge is -2.42. The van der Waals surface area contributed by atoms with Gasteiger partial charge in [0.05, 0.1) is 16.8 Å². The van der Waals surface area contributed by atoms with Gasteiger partial charge in [-0.3, -0.25) is 0 Å². The first-order valence-corrected chi connectivity index (χ1v) is 26.2. The van der Waals surface area contributed by atoms with Gasteiger partial charge in [-0.05, 0) is 125 Å². The van der Waals surface area contributed by atoms with Crippen LogP contribution in [0.25, 0.3) is 49.7 Å². The fraction of sp³-hybridized carbons (Fsp3) is 0.139. The Balaban J connectivity index is 1.15. The predicted molar refractivity (Wildman–Crippen MR) is 314 cm³/mol. The molecule has 0 N–H and O–H groups in total. The van der Waals surface area contributed by atoms with Crippen molar-refractivity contribution in [3.05, 3.63) is 292 Å². The second kappa shape index (κ2) is 16.8. The summed E-state index contributed by atoms with van der Waals surface area (Å²) < 4.78 is 0. The fourth-order valence-electron chi connectivity index (χ4n) is 13.9. The van der Waals surface area contributed by atoms with Gasteiger partial charge in [-0.15, -0.1) is 0 Å². The van der Waals surface area contributed by atoms with Gasteiger partial charge in [-0.1, -0.05) is 241 Å². The van der Waals surface area contributed by atoms with E-state index >= 15 is 0 Å². The normalized spacial score (nSPS) is 15.4. The number of hydrogen-bond donors (Lipinski definition) is 0. The largest absolute Gasteiger partial charge is 0.344 e. The van der Waals surface area contributed by atoms with Crippen molar-refractivity contribution in [3.63, 3.8) is 0 Å². The Kier molecular flexibility index (Phi) is 10.3. The minimum Gasteiger partial charge on any atom is -0.344 e. The van der Waals surface area contributed by atoms with Crippen LogP contribution in [-0.2, 0) is 16.2 Å². The van der Waals surface area contributed by atoms with E-state index < -0.39 is 5.41 Å². The fourth-order valence-corrected chi connectivity index (χ4v) is 13.9. The Morgan fingerprint density at radius 1 is 0.405 bits per heavy atom. The maximum Gasteiger partial charge on any atom is 0.0713 e. The van der Waals surface area contributed by atoms with Crippen LogP contribution in [0.5, 0.6) is 0 Å². The monoisotopic (exact) mass is 952 g/mol. The van der Waals surface area contributed by atoms with E-state index in [0.717, 1.165) is 5.57 Å². The number of hydrogen-bond acceptors (Lipinski definition) is 2. The van der Waals surface area contributed by atoms with E-state index in [1.807, 2.05) is 6.08 Å². The second-order valence-electron chi connectivity index (χ2n) is 21.7. The maximum absolute atomic E-state index is 4.42. The predicted octanol–water partition coefficient (Wildman–Crippen LogP) is 18.3. The third-order valence-corrected chi connectivity index (χ3v) is 17.3. The molecule has 0 bridgehead atoms. The summed E-state index contributed by atoms with van der Waals surface area (Å²) in [6.45, 7) is 16.3. The van der Waals surface area contributed by atoms with Gasteiger partial charge in [0.2, 0.25) is 0 Å². The van der Waals surface area contributed by atoms with Gasteiger partial charge in [-0.2, -0.15) is 0 Å². The first-order chi connectivity index (χ1) is 36.0. The summed E-state index contributed by atoms with van der Waals surface area (Å²) in [5.74, 6) is 0. The van der Waals surface area contributed by atoms with E-state index in [9.17, 15) is 0 Å². The van der Waals surface area contributed by atoms with Crippen molar-refractivity contribution in [1.82, 2.24) is 0 Å². The topological polar surface area (TPSA) is 6.48 Å². The summed E-state index contributed by atoms with van der Waals surface area (Å²) in [5.41, 5.74) is 26.6. The first kappa shape index (κ1) is 45.4. The van der Waals surface area contributed by atoms with Crippen LogP contribution in [0.2, 0.25) is 0 Å². The molecule has 2 nitrogen and oxygen atoms in total. The van der Waals surface area contributed by atoms with E-state index in [1.54, 1.807) is 0 Å². The highest BCUT2D eigenvalue weighted by atomic mass is 15.1. The highest BCUT2D eigenvalue weighted by molar-refractivity contribution is 6.13. The lowest BCUT2D eigenvalue weighted by Crippen LogP contribution is -2.31. The van der Waals surface area contributed by atoms with Gasteiger partial charge >= 0.3 is 0 Å². The average Bonchev–Trinajstić information content (AvgIpc) is 3.78. The van der Waals surface area contributed by atoms with Crippen molar-refractivity contribution in [2.45, 2.75) is 50.9 Å². The standard InChI is InChI=1S/C72H60N2/c1-9-26-49(52-34-23-41-62-68(52)73(7)64-43-20-18-38-59(64)70(62,3)4)56-45-57-50(53-35-24-42-63-69(53)74(8)65-44-21-19-39-60(65)71(63,5)6)32-22-33-51(57)66(46(56)2)55-36-25-40-61-67(55)54-31-16-17-37-58(54)72(61,47-27-12-10-13-28-47)48-29-14-11-15-30-48/h9-45H,1H2,2-8H3/b49-26-. The van der Waals surface area contributed by atoms with Crippen LogP contribution in [0.1, 0.15) is 88.9 Å². The van der Waals surface area contributed by atoms with Crippen LogP contribution in [0, 0.1) is 6.92 Å². The molecule has 13 rings (SSSR count). The zero-order chi connectivity index (χ0) is 50.7. The van der Waals surface area contributed by atoms with E-state index in [1.165, 1.54) is 128 Å². The number of allylic oxidation sites excluding steroid dienone is 2. The molecule has 2 aliphatic heterocycles. The number of para-hydroxylation sites is 4. The average molecular weight is 953 g/mol. The summed E-state index contributed by atoms with van der Waals surface area (Å²) >= 11 is 0. The molecule has 74 heavy (non-hydrogen) atoms. The van der Waals surface area contributed by atoms with Gasteiger partial charge < -0.3 is 9.80 Å². The van der Waals surface area contributed by atoms with Crippen LogP contribution < -0.4 is 9.80 Å². The third-order valence-electron chi connectivity index (χ3n) is 17.3. The van der Waals surface area contributed by atoms with Gasteiger partial charge in [0.15, 0.2) is 0 Å². The molecule has 10 aromatic carbocycles. The van der Waals surface area contributed by atoms with E-state index in [4.69, 9.17) is 0 Å². The molecule has 1 aliphatic carbocycles. The summed E-state index contributed by atoms with van der Waals surface area (Å²) in [6, 6.07) is 79.9. The molecule has 0 radical (unpaired) electrons. The van der Waals surface area contributed by atoms with Crippen molar-refractivity contribution in [2.24, 2.45) is 0 Å². The summed E-state index contributed by atoms with van der Waals surface area (Å²) in [5, 5.41) is 2.43. The molecule has 0 unspecified atom stereocenters. The molecule has 0 amide bonds. The Hall–Kier alpha value is -8.46. The molecule has 3 aliphatic rings. The van der Waals surface area contributed by atoms with Crippen molar-refractivity contribution in [1.29, 1.82) is 0 Å². The second-order valence-corrected chi connectivity index (χ2v) is 21.7. The third kappa shape index (κ3) is 6.24. The lowest BCUT2D eigenvalue weighted by molar-refractivity contribution is 0.629. The molecule has 358 valence electrons. The quantitative estimate of drug-likeness (QED) is 0.147. The Labute approximate surface area is 437 Å². The van der Waals surface area contributed by atoms with Crippen molar-refractivity contribution < 1.29 is 0 Å². The minimum atomic E-state index is -0.543. The summed E-state index contributed by atoms with van der Waals surface area (Å²) in [7, 11) is 4.49. The summed E-state index contributed by atoms with van der Waals surface area (Å²) in [6.07, 6.45) is 4.24. The molecule has 0 spiro atoms. The first-order valence-electron chi connectivity index (χ1n) is 26.2. The van der Waals surface area contributed by atoms with Gasteiger partial charge in [0.1, 0.15) is 0 Å².